The van der Waals surface area contributed by atoms with Gasteiger partial charge in [0.05, 0.1) is 6.61 Å². The Hall–Kier alpha value is 0.140. The van der Waals surface area contributed by atoms with E-state index in [4.69, 9.17) is 0 Å². The van der Waals surface area contributed by atoms with E-state index in [1.165, 1.54) is 6.92 Å². The van der Waals surface area contributed by atoms with Gasteiger partial charge in [0.25, 0.3) is 0 Å². The molecule has 0 aromatic heterocycles. The maximum absolute atomic E-state index is 9.98. The molecule has 0 amide bonds. The number of hydrogen-bond donors (Lipinski definition) is 0. The molecule has 0 heterocycles. The monoisotopic (exact) mass is 139 g/mol. The number of aldehydes is 1. The molecule has 0 saturated carbocycles. The van der Waals surface area contributed by atoms with E-state index in [-0.39, 0.29) is 42.1 Å². The summed E-state index contributed by atoms with van der Waals surface area (Å²) in [5, 5.41) is 0. The molecule has 0 bridgehead atoms. The van der Waals surface area contributed by atoms with Crippen LogP contribution in [0, 0.1) is 0 Å². The van der Waals surface area contributed by atoms with Gasteiger partial charge in [-0.1, -0.05) is 0 Å². The first-order valence-corrected chi connectivity index (χ1v) is 2.34. The molecular weight excluding hydrogens is 131 g/mol. The minimum Gasteiger partial charge on any atom is -0.465 e. The number of ether oxygens (including phenoxy) is 1. The summed E-state index contributed by atoms with van der Waals surface area (Å²) in [6.45, 7) is 1.52. The predicted octanol–water partition coefficient (Wildman–Crippen LogP) is -0.242. The third-order valence-electron chi connectivity index (χ3n) is 0.541. The van der Waals surface area contributed by atoms with Gasteiger partial charge in [-0.3, -0.25) is 4.79 Å². The average molecular weight is 139 g/mol. The average Bonchev–Trinajstić information content (AvgIpc) is 1.66. The fourth-order valence-corrected chi connectivity index (χ4v) is 0.251. The van der Waals surface area contributed by atoms with Crippen molar-refractivity contribution in [3.05, 3.63) is 0 Å². The van der Waals surface area contributed by atoms with Crippen LogP contribution in [0.3, 0.4) is 0 Å². The number of carbonyl (C=O) groups is 2. The molecule has 9 heavy (non-hydrogen) atoms. The smallest absolute Gasteiger partial charge is 0.302 e. The molecule has 0 atom stereocenters. The van der Waals surface area contributed by atoms with Gasteiger partial charge in [0.1, 0.15) is 6.29 Å². The molecule has 0 aliphatic rings. The van der Waals surface area contributed by atoms with E-state index >= 15 is 0 Å². The molecule has 0 fully saturated rings. The van der Waals surface area contributed by atoms with Crippen molar-refractivity contribution in [3.63, 3.8) is 0 Å². The summed E-state index contributed by atoms with van der Waals surface area (Å²) in [4.78, 5) is 19.6. The Balaban J connectivity index is 0. The van der Waals surface area contributed by atoms with Gasteiger partial charge in [0, 0.05) is 42.9 Å². The van der Waals surface area contributed by atoms with E-state index in [0.717, 1.165) is 0 Å². The van der Waals surface area contributed by atoms with Crippen LogP contribution in [0.5, 0.6) is 0 Å². The Morgan fingerprint density at radius 3 is 2.56 bits per heavy atom. The maximum Gasteiger partial charge on any atom is 0.302 e. The quantitative estimate of drug-likeness (QED) is 0.234. The molecule has 0 spiro atoms. The van der Waals surface area contributed by atoms with Crippen LogP contribution >= 0.6 is 0 Å². The summed E-state index contributed by atoms with van der Waals surface area (Å²) in [5.74, 6) is -0.341. The minimum atomic E-state index is -0.341. The summed E-state index contributed by atoms with van der Waals surface area (Å²) < 4.78 is 4.41. The van der Waals surface area contributed by atoms with E-state index in [2.05, 4.69) is 4.74 Å². The van der Waals surface area contributed by atoms with Crippen LogP contribution in [0.2, 0.25) is 0 Å². The first-order chi connectivity index (χ1) is 3.77. The van der Waals surface area contributed by atoms with E-state index in [0.29, 0.717) is 12.7 Å². The summed E-state index contributed by atoms with van der Waals surface area (Å²) in [6.07, 6.45) is 1.00. The molecule has 0 saturated heterocycles. The minimum absolute atomic E-state index is 0. The van der Waals surface area contributed by atoms with Gasteiger partial charge in [0.15, 0.2) is 0 Å². The van der Waals surface area contributed by atoms with E-state index in [1.807, 2.05) is 0 Å². The maximum atomic E-state index is 9.98. The topological polar surface area (TPSA) is 43.4 Å². The molecule has 0 N–H and O–H groups in total. The zero-order valence-electron chi connectivity index (χ0n) is 5.72. The van der Waals surface area contributed by atoms with Crippen molar-refractivity contribution >= 4 is 41.8 Å². The first-order valence-electron chi connectivity index (χ1n) is 2.34. The molecule has 0 aliphatic heterocycles. The van der Waals surface area contributed by atoms with Crippen LogP contribution in [0.15, 0.2) is 0 Å². The molecule has 0 aromatic carbocycles. The third-order valence-corrected chi connectivity index (χ3v) is 0.541. The van der Waals surface area contributed by atoms with Gasteiger partial charge in [0.2, 0.25) is 0 Å². The Labute approximate surface area is 76.0 Å². The van der Waals surface area contributed by atoms with Crippen LogP contribution in [0.25, 0.3) is 0 Å². The number of hydrogen-bond acceptors (Lipinski definition) is 3. The van der Waals surface area contributed by atoms with E-state index in [1.54, 1.807) is 0 Å². The number of rotatable bonds is 3. The molecule has 47 valence electrons. The fourth-order valence-electron chi connectivity index (χ4n) is 0.251. The van der Waals surface area contributed by atoms with Crippen molar-refractivity contribution in [1.29, 1.82) is 0 Å². The van der Waals surface area contributed by atoms with Gasteiger partial charge < -0.3 is 9.53 Å². The van der Waals surface area contributed by atoms with Gasteiger partial charge in [-0.25, -0.2) is 0 Å². The second-order valence-electron chi connectivity index (χ2n) is 1.30. The Bertz CT molecular complexity index is 92.2. The van der Waals surface area contributed by atoms with E-state index < -0.39 is 0 Å². The van der Waals surface area contributed by atoms with Crippen LogP contribution in [0.4, 0.5) is 0 Å². The van der Waals surface area contributed by atoms with Gasteiger partial charge in [-0.2, -0.15) is 0 Å². The molecule has 0 rings (SSSR count). The number of carbonyl (C=O) groups excluding carboxylic acids is 2. The largest absolute Gasteiger partial charge is 0.465 e. The van der Waals surface area contributed by atoms with Crippen molar-refractivity contribution < 1.29 is 14.3 Å². The summed E-state index contributed by atoms with van der Waals surface area (Å²) in [7, 11) is 0. The van der Waals surface area contributed by atoms with Gasteiger partial charge in [-0.15, -0.1) is 0 Å². The van der Waals surface area contributed by atoms with Crippen LogP contribution in [-0.4, -0.2) is 48.4 Å². The Morgan fingerprint density at radius 1 is 1.67 bits per heavy atom. The summed E-state index contributed by atoms with van der Waals surface area (Å²) in [5.41, 5.74) is 0. The van der Waals surface area contributed by atoms with Crippen LogP contribution in [-0.2, 0) is 14.3 Å². The fraction of sp³-hybridized carbons (Fsp3) is 0.600. The number of esters is 1. The molecule has 0 aromatic rings. The van der Waals surface area contributed by atoms with Crippen LogP contribution in [0.1, 0.15) is 13.3 Å². The zero-order chi connectivity index (χ0) is 6.41. The molecular formula is C5H8NaO3. The second-order valence-corrected chi connectivity index (χ2v) is 1.30. The molecule has 0 aliphatic carbocycles. The van der Waals surface area contributed by atoms with Crippen molar-refractivity contribution in [2.75, 3.05) is 6.61 Å². The van der Waals surface area contributed by atoms with E-state index in [9.17, 15) is 9.59 Å². The summed E-state index contributed by atoms with van der Waals surface area (Å²) in [6, 6.07) is 0. The van der Waals surface area contributed by atoms with Crippen molar-refractivity contribution in [1.82, 2.24) is 0 Å². The predicted molar refractivity (Wildman–Crippen MR) is 33.1 cm³/mol. The second kappa shape index (κ2) is 8.14. The van der Waals surface area contributed by atoms with Gasteiger partial charge >= 0.3 is 5.97 Å². The van der Waals surface area contributed by atoms with Gasteiger partial charge in [-0.05, 0) is 0 Å². The normalized spacial score (nSPS) is 7.22. The first kappa shape index (κ1) is 11.9. The molecule has 4 heteroatoms. The summed E-state index contributed by atoms with van der Waals surface area (Å²) >= 11 is 0. The molecule has 3 nitrogen and oxygen atoms in total. The van der Waals surface area contributed by atoms with Crippen molar-refractivity contribution in [3.8, 4) is 0 Å². The van der Waals surface area contributed by atoms with Crippen molar-refractivity contribution in [2.45, 2.75) is 13.3 Å². The Kier molecular flexibility index (Phi) is 10.7. The van der Waals surface area contributed by atoms with Crippen molar-refractivity contribution in [2.24, 2.45) is 0 Å². The Morgan fingerprint density at radius 2 is 2.22 bits per heavy atom. The SMILES string of the molecule is CC(=O)OCCC=O.[Na]. The zero-order valence-corrected chi connectivity index (χ0v) is 7.72. The molecule has 0 unspecified atom stereocenters. The van der Waals surface area contributed by atoms with Crippen LogP contribution < -0.4 is 0 Å². The third kappa shape index (κ3) is 11.6. The molecule has 1 radical (unpaired) electrons. The standard InChI is InChI=1S/C5H8O3.Na/c1-5(7)8-4-2-3-6;/h3H,2,4H2,1H3;.